The molecule has 1 fully saturated rings. The van der Waals surface area contributed by atoms with Gasteiger partial charge in [0, 0.05) is 17.2 Å². The number of carboxylic acids is 1. The highest BCUT2D eigenvalue weighted by atomic mass is 16.4. The normalized spacial score (nSPS) is 19.8. The third-order valence-corrected chi connectivity index (χ3v) is 5.49. The van der Waals surface area contributed by atoms with Crippen molar-refractivity contribution in [1.29, 1.82) is 0 Å². The summed E-state index contributed by atoms with van der Waals surface area (Å²) in [5.41, 5.74) is 2.14. The van der Waals surface area contributed by atoms with E-state index in [4.69, 9.17) is 5.11 Å². The van der Waals surface area contributed by atoms with Crippen LogP contribution in [-0.2, 0) is 9.59 Å². The van der Waals surface area contributed by atoms with E-state index >= 15 is 0 Å². The topological polar surface area (TPSA) is 95.5 Å². The molecular formula is C23H26N2O4. The van der Waals surface area contributed by atoms with Crippen LogP contribution in [0.25, 0.3) is 0 Å². The molecule has 3 N–H and O–H groups in total. The molecule has 0 aliphatic heterocycles. The minimum Gasteiger partial charge on any atom is -0.481 e. The van der Waals surface area contributed by atoms with E-state index in [0.717, 1.165) is 5.56 Å². The van der Waals surface area contributed by atoms with Gasteiger partial charge >= 0.3 is 5.97 Å². The Balaban J connectivity index is 1.58. The number of hydrogen-bond donors (Lipinski definition) is 3. The van der Waals surface area contributed by atoms with Gasteiger partial charge in [-0.3, -0.25) is 14.4 Å². The van der Waals surface area contributed by atoms with Gasteiger partial charge in [0.15, 0.2) is 0 Å². The summed E-state index contributed by atoms with van der Waals surface area (Å²) in [5, 5.41) is 15.0. The third-order valence-electron chi connectivity index (χ3n) is 5.49. The van der Waals surface area contributed by atoms with Crippen molar-refractivity contribution in [2.24, 2.45) is 11.8 Å². The second-order valence-corrected chi connectivity index (χ2v) is 7.56. The summed E-state index contributed by atoms with van der Waals surface area (Å²) in [7, 11) is 0. The van der Waals surface area contributed by atoms with Gasteiger partial charge < -0.3 is 15.7 Å². The number of carbonyl (C=O) groups is 3. The lowest BCUT2D eigenvalue weighted by molar-refractivity contribution is -0.144. The molecule has 152 valence electrons. The van der Waals surface area contributed by atoms with Crippen molar-refractivity contribution in [1.82, 2.24) is 5.32 Å². The van der Waals surface area contributed by atoms with E-state index in [1.807, 2.05) is 49.4 Å². The molecular weight excluding hydrogens is 368 g/mol. The van der Waals surface area contributed by atoms with Crippen molar-refractivity contribution < 1.29 is 19.5 Å². The molecule has 6 heteroatoms. The van der Waals surface area contributed by atoms with Crippen LogP contribution in [-0.4, -0.2) is 22.9 Å². The second kappa shape index (κ2) is 9.37. The smallest absolute Gasteiger partial charge is 0.306 e. The fraction of sp³-hybridized carbons (Fsp3) is 0.348. The molecule has 0 saturated heterocycles. The second-order valence-electron chi connectivity index (χ2n) is 7.56. The average Bonchev–Trinajstić information content (AvgIpc) is 2.74. The molecule has 1 unspecified atom stereocenters. The van der Waals surface area contributed by atoms with Crippen LogP contribution in [0.15, 0.2) is 54.6 Å². The monoisotopic (exact) mass is 394 g/mol. The number of benzene rings is 2. The third kappa shape index (κ3) is 5.44. The Morgan fingerprint density at radius 2 is 1.59 bits per heavy atom. The SMILES string of the molecule is CC(NC(=O)C1CCC(C(=O)O)CC1)c1cccc(NC(=O)c2ccccc2)c1. The summed E-state index contributed by atoms with van der Waals surface area (Å²) in [5.74, 6) is -1.48. The van der Waals surface area contributed by atoms with E-state index in [1.54, 1.807) is 12.1 Å². The minimum atomic E-state index is -0.772. The largest absolute Gasteiger partial charge is 0.481 e. The van der Waals surface area contributed by atoms with E-state index in [9.17, 15) is 14.4 Å². The van der Waals surface area contributed by atoms with Crippen LogP contribution < -0.4 is 10.6 Å². The van der Waals surface area contributed by atoms with Gasteiger partial charge in [-0.15, -0.1) is 0 Å². The van der Waals surface area contributed by atoms with Crippen LogP contribution in [0.3, 0.4) is 0 Å². The van der Waals surface area contributed by atoms with Gasteiger partial charge in [0.2, 0.25) is 5.91 Å². The van der Waals surface area contributed by atoms with Gasteiger partial charge in [0.1, 0.15) is 0 Å². The quantitative estimate of drug-likeness (QED) is 0.690. The van der Waals surface area contributed by atoms with Gasteiger partial charge in [-0.05, 0) is 62.4 Å². The fourth-order valence-corrected chi connectivity index (χ4v) is 3.70. The first-order chi connectivity index (χ1) is 13.9. The number of rotatable bonds is 6. The van der Waals surface area contributed by atoms with Gasteiger partial charge in [0.25, 0.3) is 5.91 Å². The highest BCUT2D eigenvalue weighted by molar-refractivity contribution is 6.04. The Morgan fingerprint density at radius 1 is 0.931 bits per heavy atom. The lowest BCUT2D eigenvalue weighted by Crippen LogP contribution is -2.35. The highest BCUT2D eigenvalue weighted by Crippen LogP contribution is 2.29. The molecule has 2 aromatic carbocycles. The standard InChI is InChI=1S/C23H26N2O4/c1-15(24-21(26)17-10-12-18(13-11-17)23(28)29)19-8-5-9-20(14-19)25-22(27)16-6-3-2-4-7-16/h2-9,14-15,17-18H,10-13H2,1H3,(H,24,26)(H,25,27)(H,28,29). The molecule has 2 amide bonds. The predicted molar refractivity (Wildman–Crippen MR) is 110 cm³/mol. The number of carbonyl (C=O) groups excluding carboxylic acids is 2. The molecule has 2 aromatic rings. The van der Waals surface area contributed by atoms with Gasteiger partial charge in [-0.1, -0.05) is 30.3 Å². The van der Waals surface area contributed by atoms with E-state index in [0.29, 0.717) is 36.9 Å². The highest BCUT2D eigenvalue weighted by Gasteiger charge is 2.30. The Morgan fingerprint density at radius 3 is 2.24 bits per heavy atom. The van der Waals surface area contributed by atoms with Crippen LogP contribution in [0.2, 0.25) is 0 Å². The first kappa shape index (κ1) is 20.6. The lowest BCUT2D eigenvalue weighted by atomic mass is 9.81. The summed E-state index contributed by atoms with van der Waals surface area (Å²) < 4.78 is 0. The molecule has 0 spiro atoms. The zero-order valence-electron chi connectivity index (χ0n) is 16.4. The molecule has 1 saturated carbocycles. The van der Waals surface area contributed by atoms with E-state index in [1.165, 1.54) is 0 Å². The van der Waals surface area contributed by atoms with Crippen molar-refractivity contribution in [3.63, 3.8) is 0 Å². The first-order valence-corrected chi connectivity index (χ1v) is 9.93. The summed E-state index contributed by atoms with van der Waals surface area (Å²) in [6.07, 6.45) is 2.29. The number of aliphatic carboxylic acids is 1. The maximum atomic E-state index is 12.6. The molecule has 0 heterocycles. The zero-order valence-corrected chi connectivity index (χ0v) is 16.4. The summed E-state index contributed by atoms with van der Waals surface area (Å²) in [6, 6.07) is 16.2. The Bertz CT molecular complexity index is 873. The maximum absolute atomic E-state index is 12.6. The van der Waals surface area contributed by atoms with Crippen LogP contribution in [0, 0.1) is 11.8 Å². The van der Waals surface area contributed by atoms with Crippen molar-refractivity contribution in [3.05, 3.63) is 65.7 Å². The molecule has 1 atom stereocenters. The van der Waals surface area contributed by atoms with E-state index in [-0.39, 0.29) is 29.7 Å². The Labute approximate surface area is 170 Å². The molecule has 0 radical (unpaired) electrons. The molecule has 6 nitrogen and oxygen atoms in total. The minimum absolute atomic E-state index is 0.0416. The van der Waals surface area contributed by atoms with Crippen LogP contribution in [0.4, 0.5) is 5.69 Å². The van der Waals surface area contributed by atoms with Crippen molar-refractivity contribution in [2.75, 3.05) is 5.32 Å². The van der Waals surface area contributed by atoms with Gasteiger partial charge in [0.05, 0.1) is 12.0 Å². The Kier molecular flexibility index (Phi) is 6.65. The number of hydrogen-bond acceptors (Lipinski definition) is 3. The van der Waals surface area contributed by atoms with Crippen molar-refractivity contribution >= 4 is 23.5 Å². The zero-order chi connectivity index (χ0) is 20.8. The van der Waals surface area contributed by atoms with Crippen LogP contribution in [0.1, 0.15) is 54.6 Å². The number of anilines is 1. The molecule has 0 bridgehead atoms. The number of carboxylic acid groups (broad SMARTS) is 1. The first-order valence-electron chi connectivity index (χ1n) is 9.93. The maximum Gasteiger partial charge on any atom is 0.306 e. The molecule has 0 aromatic heterocycles. The summed E-state index contributed by atoms with van der Waals surface area (Å²) in [6.45, 7) is 1.90. The summed E-state index contributed by atoms with van der Waals surface area (Å²) >= 11 is 0. The molecule has 1 aliphatic rings. The lowest BCUT2D eigenvalue weighted by Gasteiger charge is -2.26. The van der Waals surface area contributed by atoms with Crippen LogP contribution in [0.5, 0.6) is 0 Å². The molecule has 1 aliphatic carbocycles. The molecule has 29 heavy (non-hydrogen) atoms. The van der Waals surface area contributed by atoms with Crippen molar-refractivity contribution in [2.45, 2.75) is 38.6 Å². The van der Waals surface area contributed by atoms with E-state index in [2.05, 4.69) is 10.6 Å². The van der Waals surface area contributed by atoms with Gasteiger partial charge in [-0.2, -0.15) is 0 Å². The summed E-state index contributed by atoms with van der Waals surface area (Å²) in [4.78, 5) is 36.0. The number of amides is 2. The average molecular weight is 394 g/mol. The fourth-order valence-electron chi connectivity index (χ4n) is 3.70. The van der Waals surface area contributed by atoms with Crippen molar-refractivity contribution in [3.8, 4) is 0 Å². The van der Waals surface area contributed by atoms with Gasteiger partial charge in [-0.25, -0.2) is 0 Å². The Hall–Kier alpha value is -3.15. The number of nitrogens with one attached hydrogen (secondary N) is 2. The van der Waals surface area contributed by atoms with E-state index < -0.39 is 5.97 Å². The predicted octanol–water partition coefficient (Wildman–Crippen LogP) is 4.01. The van der Waals surface area contributed by atoms with Crippen LogP contribution >= 0.6 is 0 Å². The molecule has 3 rings (SSSR count).